The van der Waals surface area contributed by atoms with Crippen molar-refractivity contribution in [3.8, 4) is 0 Å². The molecule has 16 heavy (non-hydrogen) atoms. The number of nitrogens with one attached hydrogen (secondary N) is 1. The van der Waals surface area contributed by atoms with Gasteiger partial charge in [-0.1, -0.05) is 34.6 Å². The standard InChI is InChI=1S/C6H10F3N.C4H10.C2H6/c7-6(8,9)5-1-3-10-4-2-5;1-4(2)3;1-2/h5,10H,1-4H2;4H,1-3H3;1-2H3. The summed E-state index contributed by atoms with van der Waals surface area (Å²) in [5, 5.41) is 2.89. The summed E-state index contributed by atoms with van der Waals surface area (Å²) in [6, 6.07) is 0. The first-order valence-electron chi connectivity index (χ1n) is 6.11. The van der Waals surface area contributed by atoms with Crippen molar-refractivity contribution in [1.82, 2.24) is 5.32 Å². The Bertz CT molecular complexity index is 135. The highest BCUT2D eigenvalue weighted by molar-refractivity contribution is 4.73. The molecule has 1 N–H and O–H groups in total. The smallest absolute Gasteiger partial charge is 0.317 e. The molecule has 1 heterocycles. The molecule has 1 nitrogen and oxygen atoms in total. The molecular formula is C12H26F3N. The fraction of sp³-hybridized carbons (Fsp3) is 1.00. The van der Waals surface area contributed by atoms with Gasteiger partial charge in [0.25, 0.3) is 0 Å². The summed E-state index contributed by atoms with van der Waals surface area (Å²) in [6.07, 6.45) is -3.49. The molecule has 0 saturated carbocycles. The lowest BCUT2D eigenvalue weighted by molar-refractivity contribution is -0.180. The Morgan fingerprint density at radius 2 is 1.31 bits per heavy atom. The molecule has 1 aliphatic heterocycles. The summed E-state index contributed by atoms with van der Waals surface area (Å²) in [4.78, 5) is 0. The van der Waals surface area contributed by atoms with Gasteiger partial charge < -0.3 is 5.32 Å². The maximum Gasteiger partial charge on any atom is 0.391 e. The quantitative estimate of drug-likeness (QED) is 0.669. The van der Waals surface area contributed by atoms with Gasteiger partial charge in [0, 0.05) is 0 Å². The average Bonchev–Trinajstić information content (AvgIpc) is 2.20. The van der Waals surface area contributed by atoms with Gasteiger partial charge in [-0.25, -0.2) is 0 Å². The number of piperidine rings is 1. The minimum absolute atomic E-state index is 0.240. The third-order valence-electron chi connectivity index (χ3n) is 1.80. The molecule has 0 spiro atoms. The molecule has 1 saturated heterocycles. The van der Waals surface area contributed by atoms with Crippen molar-refractivity contribution in [2.24, 2.45) is 11.8 Å². The van der Waals surface area contributed by atoms with Gasteiger partial charge in [0.2, 0.25) is 0 Å². The SMILES string of the molecule is CC.CC(C)C.FC(F)(F)C1CCNCC1. The molecule has 0 radical (unpaired) electrons. The highest BCUT2D eigenvalue weighted by atomic mass is 19.4. The lowest BCUT2D eigenvalue weighted by Gasteiger charge is -2.24. The largest absolute Gasteiger partial charge is 0.391 e. The van der Waals surface area contributed by atoms with Gasteiger partial charge in [-0.3, -0.25) is 0 Å². The Labute approximate surface area is 97.8 Å². The van der Waals surface area contributed by atoms with Crippen LogP contribution >= 0.6 is 0 Å². The average molecular weight is 241 g/mol. The van der Waals surface area contributed by atoms with Crippen LogP contribution in [0.4, 0.5) is 13.2 Å². The van der Waals surface area contributed by atoms with E-state index in [1.54, 1.807) is 0 Å². The van der Waals surface area contributed by atoms with Crippen LogP contribution in [0, 0.1) is 11.8 Å². The normalized spacial score (nSPS) is 17.1. The van der Waals surface area contributed by atoms with E-state index in [2.05, 4.69) is 26.1 Å². The topological polar surface area (TPSA) is 12.0 Å². The summed E-state index contributed by atoms with van der Waals surface area (Å²) < 4.78 is 35.7. The highest BCUT2D eigenvalue weighted by Gasteiger charge is 2.39. The van der Waals surface area contributed by atoms with E-state index in [1.165, 1.54) is 0 Å². The molecule has 4 heteroatoms. The van der Waals surface area contributed by atoms with Crippen LogP contribution in [0.5, 0.6) is 0 Å². The van der Waals surface area contributed by atoms with E-state index >= 15 is 0 Å². The molecule has 0 amide bonds. The van der Waals surface area contributed by atoms with Crippen LogP contribution in [-0.4, -0.2) is 19.3 Å². The second-order valence-electron chi connectivity index (χ2n) is 4.30. The fourth-order valence-electron chi connectivity index (χ4n) is 1.15. The van der Waals surface area contributed by atoms with Crippen molar-refractivity contribution in [2.45, 2.75) is 53.6 Å². The Morgan fingerprint density at radius 3 is 1.50 bits per heavy atom. The van der Waals surface area contributed by atoms with E-state index in [4.69, 9.17) is 0 Å². The van der Waals surface area contributed by atoms with Crippen LogP contribution in [0.1, 0.15) is 47.5 Å². The Kier molecular flexibility index (Phi) is 11.3. The van der Waals surface area contributed by atoms with Crippen LogP contribution in [0.25, 0.3) is 0 Å². The van der Waals surface area contributed by atoms with E-state index in [1.807, 2.05) is 13.8 Å². The molecule has 1 rings (SSSR count). The minimum atomic E-state index is -3.97. The molecule has 0 aliphatic carbocycles. The third-order valence-corrected chi connectivity index (χ3v) is 1.80. The third kappa shape index (κ3) is 11.8. The Balaban J connectivity index is 0. The summed E-state index contributed by atoms with van der Waals surface area (Å²) >= 11 is 0. The zero-order valence-corrected chi connectivity index (χ0v) is 11.1. The molecular weight excluding hydrogens is 215 g/mol. The predicted molar refractivity (Wildman–Crippen MR) is 63.5 cm³/mol. The Hall–Kier alpha value is -0.250. The van der Waals surface area contributed by atoms with Crippen molar-refractivity contribution in [3.63, 3.8) is 0 Å². The summed E-state index contributed by atoms with van der Waals surface area (Å²) in [7, 11) is 0. The van der Waals surface area contributed by atoms with Crippen LogP contribution in [0.2, 0.25) is 0 Å². The van der Waals surface area contributed by atoms with E-state index in [0.717, 1.165) is 5.92 Å². The van der Waals surface area contributed by atoms with Gasteiger partial charge in [-0.15, -0.1) is 0 Å². The highest BCUT2D eigenvalue weighted by Crippen LogP contribution is 2.31. The maximum atomic E-state index is 11.9. The van der Waals surface area contributed by atoms with Crippen LogP contribution in [0.15, 0.2) is 0 Å². The van der Waals surface area contributed by atoms with E-state index in [-0.39, 0.29) is 12.8 Å². The van der Waals surface area contributed by atoms with Crippen molar-refractivity contribution >= 4 is 0 Å². The fourth-order valence-corrected chi connectivity index (χ4v) is 1.15. The first-order valence-corrected chi connectivity index (χ1v) is 6.11. The molecule has 0 bridgehead atoms. The van der Waals surface area contributed by atoms with E-state index in [0.29, 0.717) is 13.1 Å². The van der Waals surface area contributed by atoms with E-state index < -0.39 is 12.1 Å². The lowest BCUT2D eigenvalue weighted by Crippen LogP contribution is -2.35. The van der Waals surface area contributed by atoms with Gasteiger partial charge >= 0.3 is 6.18 Å². The first-order chi connectivity index (χ1) is 7.34. The Morgan fingerprint density at radius 1 is 1.00 bits per heavy atom. The molecule has 1 aliphatic rings. The predicted octanol–water partition coefficient (Wildman–Crippen LogP) is 4.24. The van der Waals surface area contributed by atoms with Gasteiger partial charge in [-0.05, 0) is 31.8 Å². The molecule has 0 aromatic heterocycles. The van der Waals surface area contributed by atoms with Crippen LogP contribution in [-0.2, 0) is 0 Å². The van der Waals surface area contributed by atoms with Gasteiger partial charge in [0.1, 0.15) is 0 Å². The molecule has 100 valence electrons. The van der Waals surface area contributed by atoms with Crippen LogP contribution in [0.3, 0.4) is 0 Å². The van der Waals surface area contributed by atoms with Gasteiger partial charge in [-0.2, -0.15) is 13.2 Å². The zero-order chi connectivity index (χ0) is 13.2. The molecule has 0 aromatic rings. The van der Waals surface area contributed by atoms with Crippen molar-refractivity contribution in [1.29, 1.82) is 0 Å². The molecule has 1 fully saturated rings. The van der Waals surface area contributed by atoms with Crippen molar-refractivity contribution in [2.75, 3.05) is 13.1 Å². The number of hydrogen-bond acceptors (Lipinski definition) is 1. The second kappa shape index (κ2) is 9.94. The summed E-state index contributed by atoms with van der Waals surface area (Å²) in [6.45, 7) is 11.5. The number of hydrogen-bond donors (Lipinski definition) is 1. The van der Waals surface area contributed by atoms with Gasteiger partial charge in [0.05, 0.1) is 5.92 Å². The number of halogens is 3. The van der Waals surface area contributed by atoms with Gasteiger partial charge in [0.15, 0.2) is 0 Å². The van der Waals surface area contributed by atoms with E-state index in [9.17, 15) is 13.2 Å². The molecule has 0 unspecified atom stereocenters. The van der Waals surface area contributed by atoms with Crippen molar-refractivity contribution in [3.05, 3.63) is 0 Å². The second-order valence-corrected chi connectivity index (χ2v) is 4.30. The minimum Gasteiger partial charge on any atom is -0.317 e. The zero-order valence-electron chi connectivity index (χ0n) is 11.1. The number of alkyl halides is 3. The molecule has 0 aromatic carbocycles. The monoisotopic (exact) mass is 241 g/mol. The van der Waals surface area contributed by atoms with Crippen LogP contribution < -0.4 is 5.32 Å². The molecule has 0 atom stereocenters. The summed E-state index contributed by atoms with van der Waals surface area (Å²) in [5.74, 6) is -0.228. The first kappa shape index (κ1) is 18.1. The number of rotatable bonds is 0. The van der Waals surface area contributed by atoms with Crippen molar-refractivity contribution < 1.29 is 13.2 Å². The summed E-state index contributed by atoms with van der Waals surface area (Å²) in [5.41, 5.74) is 0. The lowest BCUT2D eigenvalue weighted by atomic mass is 9.98. The maximum absolute atomic E-state index is 11.9.